The van der Waals surface area contributed by atoms with Crippen molar-refractivity contribution in [2.24, 2.45) is 73.6 Å². The molecule has 56 heavy (non-hydrogen) atoms. The quantitative estimate of drug-likeness (QED) is 0.0599. The van der Waals surface area contributed by atoms with E-state index in [4.69, 9.17) is 11.5 Å². The number of benzene rings is 1. The predicted molar refractivity (Wildman–Crippen MR) is 213 cm³/mol. The Morgan fingerprint density at radius 2 is 1.66 bits per heavy atom. The smallest absolute Gasteiger partial charge is 0.334 e. The fraction of sp³-hybridized carbons (Fsp3) is 0.600. The van der Waals surface area contributed by atoms with E-state index in [1.807, 2.05) is 63.3 Å². The average Bonchev–Trinajstić information content (AvgIpc) is 3.32. The van der Waals surface area contributed by atoms with E-state index in [0.717, 1.165) is 5.56 Å². The fourth-order valence-electron chi connectivity index (χ4n) is 13.5. The van der Waals surface area contributed by atoms with E-state index in [2.05, 4.69) is 18.8 Å². The number of carboxylic acids is 1. The van der Waals surface area contributed by atoms with Crippen LogP contribution in [0.25, 0.3) is 6.08 Å². The van der Waals surface area contributed by atoms with E-state index < -0.39 is 91.8 Å². The summed E-state index contributed by atoms with van der Waals surface area (Å²) >= 11 is 0. The van der Waals surface area contributed by atoms with E-state index in [1.54, 1.807) is 12.2 Å². The number of carbonyl (C=O) groups is 3. The van der Waals surface area contributed by atoms with Gasteiger partial charge in [0.2, 0.25) is 0 Å². The summed E-state index contributed by atoms with van der Waals surface area (Å²) in [6.07, 6.45) is 9.07. The van der Waals surface area contributed by atoms with E-state index in [-0.39, 0.29) is 36.9 Å². The van der Waals surface area contributed by atoms with Gasteiger partial charge >= 0.3 is 5.97 Å². The Morgan fingerprint density at radius 3 is 2.30 bits per heavy atom. The van der Waals surface area contributed by atoms with Crippen molar-refractivity contribution in [3.8, 4) is 0 Å². The number of ketones is 2. The van der Waals surface area contributed by atoms with Crippen LogP contribution in [0.3, 0.4) is 0 Å². The number of aliphatic hydroxyl groups excluding tert-OH is 2. The van der Waals surface area contributed by atoms with Crippen molar-refractivity contribution in [3.63, 3.8) is 0 Å². The lowest BCUT2D eigenvalue weighted by Gasteiger charge is -2.69. The fourth-order valence-corrected chi connectivity index (χ4v) is 13.5. The van der Waals surface area contributed by atoms with Crippen molar-refractivity contribution in [2.75, 3.05) is 6.54 Å². The molecule has 6 aliphatic rings. The number of carboxylic acid groups (broad SMARTS) is 1. The zero-order valence-corrected chi connectivity index (χ0v) is 33.5. The van der Waals surface area contributed by atoms with Gasteiger partial charge < -0.3 is 37.0 Å². The molecule has 0 heterocycles. The van der Waals surface area contributed by atoms with Crippen LogP contribution >= 0.6 is 0 Å². The largest absolute Gasteiger partial charge is 0.509 e. The molecule has 12 atom stereocenters. The highest BCUT2D eigenvalue weighted by atomic mass is 16.4. The molecular weight excluding hydrogens is 711 g/mol. The third-order valence-corrected chi connectivity index (χ3v) is 16.3. The Kier molecular flexibility index (Phi) is 9.50. The summed E-state index contributed by atoms with van der Waals surface area (Å²) in [6.45, 7) is 11.1. The van der Waals surface area contributed by atoms with Crippen LogP contribution in [0, 0.1) is 57.2 Å². The maximum atomic E-state index is 15.8. The van der Waals surface area contributed by atoms with E-state index in [9.17, 15) is 35.1 Å². The monoisotopic (exact) mass is 769 g/mol. The van der Waals surface area contributed by atoms with Gasteiger partial charge in [-0.3, -0.25) is 14.6 Å². The molecular formula is C45H59N3O8. The van der Waals surface area contributed by atoms with Gasteiger partial charge in [-0.25, -0.2) is 4.79 Å². The lowest BCUT2D eigenvalue weighted by molar-refractivity contribution is -0.171. The molecule has 9 N–H and O–H groups in total. The van der Waals surface area contributed by atoms with Crippen LogP contribution in [-0.4, -0.2) is 72.9 Å². The minimum atomic E-state index is -1.74. The Bertz CT molecular complexity index is 2000. The first kappa shape index (κ1) is 40.1. The molecule has 0 radical (unpaired) electrons. The van der Waals surface area contributed by atoms with Crippen molar-refractivity contribution in [2.45, 2.75) is 104 Å². The summed E-state index contributed by atoms with van der Waals surface area (Å²) in [5.74, 6) is -5.77. The lowest BCUT2D eigenvalue weighted by Crippen LogP contribution is -2.71. The number of aliphatic imine (C=N–C) groups is 1. The minimum Gasteiger partial charge on any atom is -0.509 e. The Hall–Kier alpha value is -4.06. The average molecular weight is 770 g/mol. The van der Waals surface area contributed by atoms with Crippen LogP contribution in [0.1, 0.15) is 92.1 Å². The molecule has 0 aromatic heterocycles. The predicted octanol–water partition coefficient (Wildman–Crippen LogP) is 5.26. The molecule has 0 saturated heterocycles. The first-order valence-corrected chi connectivity index (χ1v) is 20.2. The molecule has 11 heteroatoms. The molecule has 0 aliphatic heterocycles. The van der Waals surface area contributed by atoms with Gasteiger partial charge in [-0.1, -0.05) is 96.0 Å². The van der Waals surface area contributed by atoms with Gasteiger partial charge in [0.25, 0.3) is 0 Å². The molecule has 302 valence electrons. The molecule has 7 rings (SSSR count). The number of aliphatic hydroxyl groups is 4. The lowest BCUT2D eigenvalue weighted by atomic mass is 9.34. The normalized spacial score (nSPS) is 41.2. The van der Waals surface area contributed by atoms with Crippen LogP contribution in [-0.2, 0) is 14.4 Å². The van der Waals surface area contributed by atoms with Crippen molar-refractivity contribution in [1.29, 1.82) is 0 Å². The van der Waals surface area contributed by atoms with E-state index >= 15 is 4.79 Å². The molecule has 0 spiro atoms. The SMILES string of the molecule is C/C(C(=O)O)=C(/O)[C@@H](O)[C@H](CN=C(N)N)[C@H]1CCCC[C@@H]2C(=O)C3=C4[C@@]5(C)[C@@]2(C)[C@@H]1C[C@@]5(O)C=C[C@@]4(O)[C@H](/C=C/c1ccccc1)[C@@H]1C(C)(C)C(=O)CC[C@]31C. The van der Waals surface area contributed by atoms with E-state index in [1.165, 1.54) is 6.92 Å². The van der Waals surface area contributed by atoms with Crippen molar-refractivity contribution < 1.29 is 39.9 Å². The topological polar surface area (TPSA) is 217 Å². The number of hydrogen-bond donors (Lipinski definition) is 7. The minimum absolute atomic E-state index is 0.0578. The van der Waals surface area contributed by atoms with E-state index in [0.29, 0.717) is 43.3 Å². The highest BCUT2D eigenvalue weighted by Gasteiger charge is 2.81. The Morgan fingerprint density at radius 1 is 1.00 bits per heavy atom. The van der Waals surface area contributed by atoms with Crippen LogP contribution in [0.5, 0.6) is 0 Å². The highest BCUT2D eigenvalue weighted by Crippen LogP contribution is 2.80. The van der Waals surface area contributed by atoms with Gasteiger partial charge in [0.1, 0.15) is 23.2 Å². The molecule has 11 nitrogen and oxygen atoms in total. The summed E-state index contributed by atoms with van der Waals surface area (Å²) in [7, 11) is 0. The summed E-state index contributed by atoms with van der Waals surface area (Å²) in [5.41, 5.74) is 6.04. The van der Waals surface area contributed by atoms with Gasteiger partial charge in [0, 0.05) is 52.5 Å². The maximum absolute atomic E-state index is 15.8. The Balaban J connectivity index is 1.49. The van der Waals surface area contributed by atoms with Crippen molar-refractivity contribution >= 4 is 29.6 Å². The molecule has 1 aromatic carbocycles. The summed E-state index contributed by atoms with van der Waals surface area (Å²) in [4.78, 5) is 45.9. The number of nitrogens with zero attached hydrogens (tertiary/aromatic N) is 1. The maximum Gasteiger partial charge on any atom is 0.334 e. The first-order valence-electron chi connectivity index (χ1n) is 20.2. The molecule has 3 saturated carbocycles. The highest BCUT2D eigenvalue weighted by molar-refractivity contribution is 6.03. The number of nitrogens with two attached hydrogens (primary N) is 2. The molecule has 0 unspecified atom stereocenters. The number of guanidine groups is 1. The number of Topliss-reactive ketones (excluding diaryl/α,β-unsaturated/α-hetero) is 2. The van der Waals surface area contributed by atoms with Gasteiger partial charge in [-0.05, 0) is 73.0 Å². The van der Waals surface area contributed by atoms with Crippen LogP contribution in [0.4, 0.5) is 0 Å². The molecule has 3 fully saturated rings. The molecule has 6 aliphatic carbocycles. The zero-order chi connectivity index (χ0) is 41.0. The van der Waals surface area contributed by atoms with Crippen LogP contribution in [0.2, 0.25) is 0 Å². The van der Waals surface area contributed by atoms with Gasteiger partial charge in [-0.2, -0.15) is 0 Å². The second-order valence-electron chi connectivity index (χ2n) is 18.9. The van der Waals surface area contributed by atoms with Gasteiger partial charge in [0.15, 0.2) is 11.7 Å². The number of fused-ring (bicyclic) bond motifs is 2. The third kappa shape index (κ3) is 5.25. The van der Waals surface area contributed by atoms with Crippen molar-refractivity contribution in [1.82, 2.24) is 0 Å². The summed E-state index contributed by atoms with van der Waals surface area (Å²) in [6, 6.07) is 9.77. The number of allylic oxidation sites excluding steroid dienone is 1. The summed E-state index contributed by atoms with van der Waals surface area (Å²) in [5, 5.41) is 59.7. The zero-order valence-electron chi connectivity index (χ0n) is 33.5. The molecule has 1 aromatic rings. The number of rotatable bonds is 8. The van der Waals surface area contributed by atoms with Crippen LogP contribution < -0.4 is 11.5 Å². The van der Waals surface area contributed by atoms with Gasteiger partial charge in [-0.15, -0.1) is 0 Å². The standard InChI is InChI=1S/C45H59N3O8/c1-24(38(53)54)33(50)34(51)27(23-48-39(46)47)26-14-10-11-15-28-35(52)32-37-43(6)42(28,5)30(26)22-44(43,55)20-21-45(37,56)29(17-16-25-12-8-7-9-13-25)36-40(2,3)31(49)18-19-41(32,36)4/h7-9,12-13,16-17,20-21,26-30,34,36,50-51,55-56H,10-11,14-15,18-19,22-23H2,1-6H3,(H,53,54)(H4,46,47,48)/b17-16+,33-24-/t26-,27-,28-,29-,30-,34+,36-,41-,42-,43+,44+,45-/m1/s1. The number of aliphatic carboxylic acids is 1. The first-order chi connectivity index (χ1) is 26.1. The van der Waals surface area contributed by atoms with Crippen LogP contribution in [0.15, 0.2) is 76.0 Å². The summed E-state index contributed by atoms with van der Waals surface area (Å²) < 4.78 is 0. The van der Waals surface area contributed by atoms with Crippen molar-refractivity contribution in [3.05, 3.63) is 76.6 Å². The molecule has 0 amide bonds. The second-order valence-corrected chi connectivity index (χ2v) is 18.9. The number of hydrogen-bond acceptors (Lipinski definition) is 8. The molecule has 0 bridgehead atoms. The number of carbonyl (C=O) groups excluding carboxylic acids is 2. The van der Waals surface area contributed by atoms with Gasteiger partial charge in [0.05, 0.1) is 11.2 Å². The third-order valence-electron chi connectivity index (χ3n) is 16.3. The Labute approximate surface area is 329 Å². The second kappa shape index (κ2) is 13.2.